The Hall–Kier alpha value is -2.64. The molecule has 0 spiro atoms. The first kappa shape index (κ1) is 19.7. The maximum absolute atomic E-state index is 13.3. The molecule has 1 amide bonds. The van der Waals surface area contributed by atoms with Crippen LogP contribution in [0.3, 0.4) is 0 Å². The molecule has 0 saturated carbocycles. The van der Waals surface area contributed by atoms with E-state index in [4.69, 9.17) is 16.0 Å². The monoisotopic (exact) mass is 431 g/mol. The molecule has 1 saturated heterocycles. The summed E-state index contributed by atoms with van der Waals surface area (Å²) in [4.78, 5) is 27.2. The first-order valence-corrected chi connectivity index (χ1v) is 11.3. The van der Waals surface area contributed by atoms with Gasteiger partial charge in [-0.25, -0.2) is 8.42 Å². The molecule has 2 heterocycles. The Morgan fingerprint density at radius 2 is 1.86 bits per heavy atom. The third-order valence-corrected chi connectivity index (χ3v) is 7.17. The third kappa shape index (κ3) is 4.06. The number of fused-ring (bicyclic) bond motifs is 1. The van der Waals surface area contributed by atoms with Crippen molar-refractivity contribution in [2.45, 2.75) is 19.0 Å². The zero-order chi connectivity index (χ0) is 20.6. The molecule has 6 nitrogen and oxygen atoms in total. The van der Waals surface area contributed by atoms with Gasteiger partial charge in [-0.05, 0) is 30.2 Å². The summed E-state index contributed by atoms with van der Waals surface area (Å²) in [7, 11) is -3.22. The summed E-state index contributed by atoms with van der Waals surface area (Å²) in [6.07, 6.45) is 0.330. The maximum Gasteiger partial charge on any atom is 0.290 e. The second kappa shape index (κ2) is 7.65. The van der Waals surface area contributed by atoms with Crippen molar-refractivity contribution in [3.8, 4) is 0 Å². The molecule has 29 heavy (non-hydrogen) atoms. The first-order chi connectivity index (χ1) is 13.8. The van der Waals surface area contributed by atoms with Crippen LogP contribution >= 0.6 is 11.6 Å². The quantitative estimate of drug-likeness (QED) is 0.633. The van der Waals surface area contributed by atoms with Crippen LogP contribution in [-0.4, -0.2) is 36.8 Å². The lowest BCUT2D eigenvalue weighted by atomic mass is 10.1. The molecule has 1 aromatic heterocycles. The highest BCUT2D eigenvalue weighted by atomic mass is 35.5. The fraction of sp³-hybridized carbons (Fsp3) is 0.238. The van der Waals surface area contributed by atoms with E-state index in [2.05, 4.69) is 0 Å². The van der Waals surface area contributed by atoms with Crippen LogP contribution in [0.2, 0.25) is 5.02 Å². The average Bonchev–Trinajstić information content (AvgIpc) is 3.06. The smallest absolute Gasteiger partial charge is 0.290 e. The van der Waals surface area contributed by atoms with E-state index in [1.165, 1.54) is 4.90 Å². The molecule has 150 valence electrons. The lowest BCUT2D eigenvalue weighted by Crippen LogP contribution is -2.41. The van der Waals surface area contributed by atoms with E-state index in [9.17, 15) is 18.0 Å². The standard InChI is InChI=1S/C21H18ClNO5S/c22-17-7-3-1-5-14(17)12-23(15-9-10-29(26,27)13-15)21(25)20-11-18(24)16-6-2-4-8-19(16)28-20/h1-8,11,15H,9-10,12-13H2/t15-/m1/s1. The van der Waals surface area contributed by atoms with E-state index in [0.29, 0.717) is 28.0 Å². The molecule has 0 N–H and O–H groups in total. The van der Waals surface area contributed by atoms with Crippen LogP contribution in [0.15, 0.2) is 63.8 Å². The van der Waals surface area contributed by atoms with E-state index in [-0.39, 0.29) is 29.2 Å². The summed E-state index contributed by atoms with van der Waals surface area (Å²) in [6.45, 7) is 0.120. The third-order valence-electron chi connectivity index (χ3n) is 5.05. The Bertz CT molecular complexity index is 1250. The van der Waals surface area contributed by atoms with Crippen molar-refractivity contribution in [2.75, 3.05) is 11.5 Å². The van der Waals surface area contributed by atoms with Crippen molar-refractivity contribution >= 4 is 38.3 Å². The summed E-state index contributed by atoms with van der Waals surface area (Å²) < 4.78 is 29.7. The van der Waals surface area contributed by atoms with Crippen LogP contribution < -0.4 is 5.43 Å². The SMILES string of the molecule is O=C(c1cc(=O)c2ccccc2o1)N(Cc1ccccc1Cl)[C@@H]1CCS(=O)(=O)C1. The second-order valence-electron chi connectivity index (χ2n) is 7.05. The molecule has 3 aromatic rings. The molecule has 1 atom stereocenters. The van der Waals surface area contributed by atoms with Crippen LogP contribution in [0.5, 0.6) is 0 Å². The van der Waals surface area contributed by atoms with Gasteiger partial charge in [0, 0.05) is 23.7 Å². The minimum atomic E-state index is -3.22. The summed E-state index contributed by atoms with van der Waals surface area (Å²) in [5, 5.41) is 0.858. The van der Waals surface area contributed by atoms with Crippen LogP contribution in [0.4, 0.5) is 0 Å². The highest BCUT2D eigenvalue weighted by Crippen LogP contribution is 2.25. The van der Waals surface area contributed by atoms with Gasteiger partial charge >= 0.3 is 0 Å². The minimum absolute atomic E-state index is 0.0195. The number of amides is 1. The Morgan fingerprint density at radius 3 is 2.59 bits per heavy atom. The van der Waals surface area contributed by atoms with Gasteiger partial charge in [0.1, 0.15) is 5.58 Å². The molecule has 8 heteroatoms. The fourth-order valence-corrected chi connectivity index (χ4v) is 5.48. The molecule has 0 unspecified atom stereocenters. The van der Waals surface area contributed by atoms with Gasteiger partial charge in [0.25, 0.3) is 5.91 Å². The molecule has 1 fully saturated rings. The van der Waals surface area contributed by atoms with Crippen LogP contribution in [0, 0.1) is 0 Å². The van der Waals surface area contributed by atoms with Gasteiger partial charge in [0.05, 0.1) is 16.9 Å². The number of nitrogens with zero attached hydrogens (tertiary/aromatic N) is 1. The van der Waals surface area contributed by atoms with Gasteiger partial charge in [-0.15, -0.1) is 0 Å². The number of benzene rings is 2. The van der Waals surface area contributed by atoms with Crippen molar-refractivity contribution < 1.29 is 17.6 Å². The number of rotatable bonds is 4. The van der Waals surface area contributed by atoms with Gasteiger partial charge in [-0.3, -0.25) is 9.59 Å². The molecule has 4 rings (SSSR count). The average molecular weight is 432 g/mol. The molecule has 1 aliphatic rings. The van der Waals surface area contributed by atoms with E-state index < -0.39 is 21.8 Å². The number of halogens is 1. The molecule has 0 bridgehead atoms. The van der Waals surface area contributed by atoms with Crippen molar-refractivity contribution in [1.29, 1.82) is 0 Å². The van der Waals surface area contributed by atoms with Crippen molar-refractivity contribution in [2.24, 2.45) is 0 Å². The molecule has 1 aliphatic heterocycles. The summed E-state index contributed by atoms with van der Waals surface area (Å²) in [5.41, 5.74) is 0.668. The number of hydrogen-bond acceptors (Lipinski definition) is 5. The van der Waals surface area contributed by atoms with Gasteiger partial charge in [0.2, 0.25) is 0 Å². The number of carbonyl (C=O) groups excluding carboxylic acids is 1. The highest BCUT2D eigenvalue weighted by molar-refractivity contribution is 7.91. The van der Waals surface area contributed by atoms with Gasteiger partial charge < -0.3 is 9.32 Å². The Labute approximate surface area is 172 Å². The van der Waals surface area contributed by atoms with Gasteiger partial charge in [-0.2, -0.15) is 0 Å². The van der Waals surface area contributed by atoms with Gasteiger partial charge in [0.15, 0.2) is 21.0 Å². The molecule has 0 aliphatic carbocycles. The fourth-order valence-electron chi connectivity index (χ4n) is 3.55. The molecule has 2 aromatic carbocycles. The number of sulfone groups is 1. The van der Waals surface area contributed by atoms with Crippen LogP contribution in [-0.2, 0) is 16.4 Å². The number of hydrogen-bond donors (Lipinski definition) is 0. The largest absolute Gasteiger partial charge is 0.451 e. The highest BCUT2D eigenvalue weighted by Gasteiger charge is 2.36. The predicted octanol–water partition coefficient (Wildman–Crippen LogP) is 3.28. The first-order valence-electron chi connectivity index (χ1n) is 9.12. The van der Waals surface area contributed by atoms with E-state index in [1.54, 1.807) is 48.5 Å². The topological polar surface area (TPSA) is 84.7 Å². The molecule has 0 radical (unpaired) electrons. The summed E-state index contributed by atoms with van der Waals surface area (Å²) in [6, 6.07) is 14.4. The Kier molecular flexibility index (Phi) is 5.19. The Morgan fingerprint density at radius 1 is 1.14 bits per heavy atom. The normalized spacial score (nSPS) is 18.0. The lowest BCUT2D eigenvalue weighted by Gasteiger charge is -2.28. The lowest BCUT2D eigenvalue weighted by molar-refractivity contribution is 0.0648. The number of carbonyl (C=O) groups is 1. The zero-order valence-electron chi connectivity index (χ0n) is 15.4. The van der Waals surface area contributed by atoms with Crippen molar-refractivity contribution in [3.63, 3.8) is 0 Å². The van der Waals surface area contributed by atoms with E-state index in [0.717, 1.165) is 6.07 Å². The number of para-hydroxylation sites is 1. The molecular formula is C21H18ClNO5S. The van der Waals surface area contributed by atoms with Crippen molar-refractivity contribution in [3.05, 3.63) is 81.2 Å². The molecular weight excluding hydrogens is 414 g/mol. The van der Waals surface area contributed by atoms with E-state index in [1.807, 2.05) is 0 Å². The van der Waals surface area contributed by atoms with Crippen LogP contribution in [0.1, 0.15) is 22.5 Å². The van der Waals surface area contributed by atoms with Gasteiger partial charge in [-0.1, -0.05) is 41.9 Å². The Balaban J connectivity index is 1.75. The van der Waals surface area contributed by atoms with Crippen LogP contribution in [0.25, 0.3) is 11.0 Å². The zero-order valence-corrected chi connectivity index (χ0v) is 16.9. The summed E-state index contributed by atoms with van der Waals surface area (Å²) in [5.74, 6) is -0.757. The predicted molar refractivity (Wildman–Crippen MR) is 111 cm³/mol. The van der Waals surface area contributed by atoms with E-state index >= 15 is 0 Å². The summed E-state index contributed by atoms with van der Waals surface area (Å²) >= 11 is 6.26. The maximum atomic E-state index is 13.3. The second-order valence-corrected chi connectivity index (χ2v) is 9.69. The van der Waals surface area contributed by atoms with Crippen molar-refractivity contribution in [1.82, 2.24) is 4.90 Å². The minimum Gasteiger partial charge on any atom is -0.451 e.